The van der Waals surface area contributed by atoms with E-state index in [0.29, 0.717) is 0 Å². The third-order valence-corrected chi connectivity index (χ3v) is 13.3. The molecule has 0 unspecified atom stereocenters. The topological polar surface area (TPSA) is 36.1 Å². The number of hydrogen-bond acceptors (Lipinski definition) is 2. The first-order valence-electron chi connectivity index (χ1n) is 21.8. The molecule has 0 radical (unpaired) electrons. The predicted octanol–water partition coefficient (Wildman–Crippen LogP) is 16.7. The fraction of sp³-hybridized carbons (Fsp3) is 0. The van der Waals surface area contributed by atoms with Crippen LogP contribution in [0.25, 0.3) is 132 Å². The highest BCUT2D eigenvalue weighted by atomic mass is 16.3. The lowest BCUT2D eigenvalue weighted by Gasteiger charge is -2.10. The average molecular weight is 817 g/mol. The minimum atomic E-state index is 0.885. The third-order valence-electron chi connectivity index (χ3n) is 13.3. The predicted molar refractivity (Wildman–Crippen MR) is 266 cm³/mol. The summed E-state index contributed by atoms with van der Waals surface area (Å²) in [7, 11) is 0. The number of fused-ring (bicyclic) bond motifs is 12. The summed E-state index contributed by atoms with van der Waals surface area (Å²) in [5.41, 5.74) is 17.6. The summed E-state index contributed by atoms with van der Waals surface area (Å²) in [6.45, 7) is 0. The molecule has 10 aromatic carbocycles. The fourth-order valence-corrected chi connectivity index (χ4v) is 10.4. The largest absolute Gasteiger partial charge is 0.456 e. The van der Waals surface area contributed by atoms with Crippen molar-refractivity contribution in [2.45, 2.75) is 0 Å². The lowest BCUT2D eigenvalue weighted by molar-refractivity contribution is 0.668. The second-order valence-corrected chi connectivity index (χ2v) is 16.9. The monoisotopic (exact) mass is 816 g/mol. The maximum Gasteiger partial charge on any atom is 0.136 e. The van der Waals surface area contributed by atoms with E-state index in [4.69, 9.17) is 8.83 Å². The summed E-state index contributed by atoms with van der Waals surface area (Å²) < 4.78 is 17.4. The van der Waals surface area contributed by atoms with Gasteiger partial charge in [0.25, 0.3) is 0 Å². The lowest BCUT2D eigenvalue weighted by atomic mass is 9.98. The van der Waals surface area contributed by atoms with Crippen LogP contribution >= 0.6 is 0 Å². The van der Waals surface area contributed by atoms with Crippen molar-refractivity contribution in [3.8, 4) is 44.8 Å². The Morgan fingerprint density at radius 2 is 0.672 bits per heavy atom. The van der Waals surface area contributed by atoms with Crippen molar-refractivity contribution < 1.29 is 8.83 Å². The summed E-state index contributed by atoms with van der Waals surface area (Å²) in [6.07, 6.45) is 0. The van der Waals surface area contributed by atoms with Crippen LogP contribution in [0.5, 0.6) is 0 Å². The summed E-state index contributed by atoms with van der Waals surface area (Å²) in [6, 6.07) is 78.5. The number of rotatable bonds is 5. The van der Waals surface area contributed by atoms with E-state index in [1.807, 2.05) is 12.1 Å². The smallest absolute Gasteiger partial charge is 0.136 e. The molecule has 0 N–H and O–H groups in total. The van der Waals surface area contributed by atoms with E-state index < -0.39 is 0 Å². The fourth-order valence-electron chi connectivity index (χ4n) is 10.4. The number of benzene rings is 10. The van der Waals surface area contributed by atoms with E-state index in [1.165, 1.54) is 60.3 Å². The van der Waals surface area contributed by atoms with Gasteiger partial charge >= 0.3 is 0 Å². The number of para-hydroxylation sites is 4. The summed E-state index contributed by atoms with van der Waals surface area (Å²) in [5.74, 6) is 0. The molecule has 0 aliphatic carbocycles. The molecule has 0 saturated carbocycles. The Morgan fingerprint density at radius 3 is 1.28 bits per heavy atom. The van der Waals surface area contributed by atoms with Gasteiger partial charge in [-0.15, -0.1) is 0 Å². The second-order valence-electron chi connectivity index (χ2n) is 16.9. The quantitative estimate of drug-likeness (QED) is 0.173. The Kier molecular flexibility index (Phi) is 7.36. The number of nitrogens with zero attached hydrogens (tertiary/aromatic N) is 2. The Balaban J connectivity index is 0.850. The maximum atomic E-state index is 6.46. The van der Waals surface area contributed by atoms with E-state index >= 15 is 0 Å². The SMILES string of the molecule is c1ccc(-n2c3ccccc3c3cc(-c4ccc5oc6ccc(-c7ccc8c(c7)c7ccccc7n8-c7ccc(-c8cccc9oc%10ccccc%10c89)cc7)cc6c5c4)ccc32)cc1. The first kappa shape index (κ1) is 35.0. The van der Waals surface area contributed by atoms with Gasteiger partial charge in [-0.05, 0) is 130 Å². The molecule has 0 aliphatic heterocycles. The van der Waals surface area contributed by atoms with Crippen molar-refractivity contribution in [2.75, 3.05) is 0 Å². The van der Waals surface area contributed by atoms with Crippen LogP contribution in [0, 0.1) is 0 Å². The molecule has 4 heterocycles. The van der Waals surface area contributed by atoms with Crippen LogP contribution in [0.3, 0.4) is 0 Å². The van der Waals surface area contributed by atoms with Gasteiger partial charge in [-0.2, -0.15) is 0 Å². The first-order valence-corrected chi connectivity index (χ1v) is 21.8. The van der Waals surface area contributed by atoms with Crippen LogP contribution in [0.1, 0.15) is 0 Å². The van der Waals surface area contributed by atoms with E-state index in [9.17, 15) is 0 Å². The second kappa shape index (κ2) is 13.4. The van der Waals surface area contributed by atoms with Gasteiger partial charge in [0, 0.05) is 54.5 Å². The molecule has 14 aromatic rings. The lowest BCUT2D eigenvalue weighted by Crippen LogP contribution is -1.93. The molecular weight excluding hydrogens is 781 g/mol. The molecule has 0 bridgehead atoms. The van der Waals surface area contributed by atoms with Gasteiger partial charge in [-0.3, -0.25) is 0 Å². The van der Waals surface area contributed by atoms with Gasteiger partial charge in [0.05, 0.1) is 22.1 Å². The molecule has 64 heavy (non-hydrogen) atoms. The van der Waals surface area contributed by atoms with Crippen molar-refractivity contribution in [3.63, 3.8) is 0 Å². The molecule has 0 saturated heterocycles. The summed E-state index contributed by atoms with van der Waals surface area (Å²) >= 11 is 0. The molecule has 0 atom stereocenters. The Bertz CT molecular complexity index is 4180. The van der Waals surface area contributed by atoms with E-state index in [-0.39, 0.29) is 0 Å². The molecule has 0 fully saturated rings. The highest BCUT2D eigenvalue weighted by molar-refractivity contribution is 6.14. The number of aromatic nitrogens is 2. The van der Waals surface area contributed by atoms with Crippen LogP contribution in [-0.4, -0.2) is 9.13 Å². The zero-order valence-electron chi connectivity index (χ0n) is 34.5. The minimum absolute atomic E-state index is 0.885. The van der Waals surface area contributed by atoms with Crippen LogP contribution in [0.15, 0.2) is 227 Å². The molecule has 4 heteroatoms. The molecule has 0 aliphatic rings. The molecule has 4 aromatic heterocycles. The zero-order valence-corrected chi connectivity index (χ0v) is 34.5. The molecule has 4 nitrogen and oxygen atoms in total. The van der Waals surface area contributed by atoms with Crippen molar-refractivity contribution >= 4 is 87.5 Å². The van der Waals surface area contributed by atoms with E-state index in [1.54, 1.807) is 0 Å². The van der Waals surface area contributed by atoms with Gasteiger partial charge in [0.1, 0.15) is 22.3 Å². The molecule has 14 rings (SSSR count). The normalized spacial score (nSPS) is 12.1. The molecule has 0 amide bonds. The van der Waals surface area contributed by atoms with Crippen LogP contribution in [0.4, 0.5) is 0 Å². The molecular formula is C60H36N2O2. The van der Waals surface area contributed by atoms with Crippen molar-refractivity contribution in [3.05, 3.63) is 218 Å². The van der Waals surface area contributed by atoms with Gasteiger partial charge in [-0.1, -0.05) is 121 Å². The number of furan rings is 2. The van der Waals surface area contributed by atoms with Gasteiger partial charge in [-0.25, -0.2) is 0 Å². The van der Waals surface area contributed by atoms with Crippen LogP contribution in [0.2, 0.25) is 0 Å². The Morgan fingerprint density at radius 1 is 0.250 bits per heavy atom. The highest BCUT2D eigenvalue weighted by Crippen LogP contribution is 2.41. The zero-order chi connectivity index (χ0) is 41.9. The Hall–Kier alpha value is -8.60. The maximum absolute atomic E-state index is 6.46. The number of hydrogen-bond donors (Lipinski definition) is 0. The van der Waals surface area contributed by atoms with Crippen molar-refractivity contribution in [1.29, 1.82) is 0 Å². The highest BCUT2D eigenvalue weighted by Gasteiger charge is 2.18. The van der Waals surface area contributed by atoms with E-state index in [2.05, 4.69) is 215 Å². The van der Waals surface area contributed by atoms with Crippen LogP contribution < -0.4 is 0 Å². The van der Waals surface area contributed by atoms with Crippen LogP contribution in [-0.2, 0) is 0 Å². The standard InChI is InChI=1S/C60H36N2O2/c1-2-11-42(12-3-1)61-52-17-7-4-13-45(52)48-33-38(23-29-54(48)61)40-25-31-57-50(35-40)51-36-41(26-32-58(51)63-57)39-24-30-55-49(34-39)46-14-5-8-18-53(46)62(55)43-27-21-37(22-28-43)44-16-10-20-59-60(44)47-15-6-9-19-56(47)64-59/h1-36H. The average Bonchev–Trinajstić information content (AvgIpc) is 4.11. The first-order chi connectivity index (χ1) is 31.7. The van der Waals surface area contributed by atoms with Crippen molar-refractivity contribution in [1.82, 2.24) is 9.13 Å². The third kappa shape index (κ3) is 5.17. The van der Waals surface area contributed by atoms with Gasteiger partial charge in [0.15, 0.2) is 0 Å². The molecule has 0 spiro atoms. The Labute approximate surface area is 367 Å². The summed E-state index contributed by atoms with van der Waals surface area (Å²) in [4.78, 5) is 0. The molecule has 298 valence electrons. The van der Waals surface area contributed by atoms with E-state index in [0.717, 1.165) is 71.9 Å². The van der Waals surface area contributed by atoms with Crippen molar-refractivity contribution in [2.24, 2.45) is 0 Å². The minimum Gasteiger partial charge on any atom is -0.456 e. The van der Waals surface area contributed by atoms with Gasteiger partial charge < -0.3 is 18.0 Å². The van der Waals surface area contributed by atoms with Gasteiger partial charge in [0.2, 0.25) is 0 Å². The summed E-state index contributed by atoms with van der Waals surface area (Å²) in [5, 5.41) is 9.43.